The van der Waals surface area contributed by atoms with Gasteiger partial charge in [0.05, 0.1) is 5.69 Å². The molecule has 1 aliphatic heterocycles. The van der Waals surface area contributed by atoms with Crippen molar-refractivity contribution >= 4 is 46.6 Å². The van der Waals surface area contributed by atoms with E-state index in [9.17, 15) is 4.79 Å². The van der Waals surface area contributed by atoms with Crippen LogP contribution in [-0.2, 0) is 11.4 Å². The Bertz CT molecular complexity index is 1130. The summed E-state index contributed by atoms with van der Waals surface area (Å²) in [5.74, 6) is 0.491. The standard InChI is InChI=1S/C24H19ClN2O2S/c1-26-21(23(28)27(24(26)30)19-11-3-2-4-12-19)15-17-9-6-8-14-22(17)29-16-18-10-5-7-13-20(18)25/h2-15H,16H2,1H3/b21-15-. The number of amides is 1. The second kappa shape index (κ2) is 8.69. The summed E-state index contributed by atoms with van der Waals surface area (Å²) in [4.78, 5) is 16.4. The Hall–Kier alpha value is -3.15. The highest BCUT2D eigenvalue weighted by atomic mass is 35.5. The van der Waals surface area contributed by atoms with Crippen LogP contribution in [0.5, 0.6) is 5.75 Å². The second-order valence-corrected chi connectivity index (χ2v) is 7.54. The highest BCUT2D eigenvalue weighted by Crippen LogP contribution is 2.30. The molecule has 30 heavy (non-hydrogen) atoms. The first kappa shape index (κ1) is 20.1. The van der Waals surface area contributed by atoms with Crippen molar-refractivity contribution in [3.8, 4) is 5.75 Å². The Labute approximate surface area is 185 Å². The third-order valence-electron chi connectivity index (χ3n) is 4.83. The van der Waals surface area contributed by atoms with Crippen molar-refractivity contribution in [1.29, 1.82) is 0 Å². The van der Waals surface area contributed by atoms with Crippen LogP contribution in [0, 0.1) is 0 Å². The van der Waals surface area contributed by atoms with E-state index in [1.54, 1.807) is 18.0 Å². The number of para-hydroxylation sites is 2. The predicted molar refractivity (Wildman–Crippen MR) is 124 cm³/mol. The summed E-state index contributed by atoms with van der Waals surface area (Å²) >= 11 is 11.8. The van der Waals surface area contributed by atoms with E-state index >= 15 is 0 Å². The lowest BCUT2D eigenvalue weighted by molar-refractivity contribution is -0.114. The molecular formula is C24H19ClN2O2S. The topological polar surface area (TPSA) is 32.8 Å². The van der Waals surface area contributed by atoms with Crippen LogP contribution in [0.1, 0.15) is 11.1 Å². The molecule has 1 heterocycles. The first-order valence-electron chi connectivity index (χ1n) is 9.40. The number of hydrogen-bond donors (Lipinski definition) is 0. The highest BCUT2D eigenvalue weighted by molar-refractivity contribution is 7.80. The molecule has 0 bridgehead atoms. The Morgan fingerprint density at radius 1 is 0.967 bits per heavy atom. The molecule has 0 radical (unpaired) electrons. The minimum absolute atomic E-state index is 0.172. The lowest BCUT2D eigenvalue weighted by Gasteiger charge is -2.16. The highest BCUT2D eigenvalue weighted by Gasteiger charge is 2.36. The van der Waals surface area contributed by atoms with Crippen LogP contribution in [0.25, 0.3) is 6.08 Å². The van der Waals surface area contributed by atoms with E-state index in [1.807, 2.05) is 78.9 Å². The molecule has 150 valence electrons. The number of carbonyl (C=O) groups is 1. The fourth-order valence-corrected chi connectivity index (χ4v) is 3.69. The summed E-state index contributed by atoms with van der Waals surface area (Å²) in [6, 6.07) is 24.5. The van der Waals surface area contributed by atoms with Gasteiger partial charge in [0.1, 0.15) is 18.1 Å². The number of anilines is 1. The molecule has 0 saturated carbocycles. The maximum absolute atomic E-state index is 13.1. The van der Waals surface area contributed by atoms with Crippen molar-refractivity contribution in [3.05, 3.63) is 101 Å². The van der Waals surface area contributed by atoms with Crippen molar-refractivity contribution in [2.75, 3.05) is 11.9 Å². The Morgan fingerprint density at radius 2 is 1.63 bits per heavy atom. The second-order valence-electron chi connectivity index (χ2n) is 6.77. The SMILES string of the molecule is CN1C(=S)N(c2ccccc2)C(=O)/C1=C/c1ccccc1OCc1ccccc1Cl. The Balaban J connectivity index is 1.63. The number of benzene rings is 3. The molecule has 4 rings (SSSR count). The minimum atomic E-state index is -0.172. The quantitative estimate of drug-likeness (QED) is 0.391. The predicted octanol–water partition coefficient (Wildman–Crippen LogP) is 5.52. The van der Waals surface area contributed by atoms with Gasteiger partial charge in [-0.2, -0.15) is 0 Å². The summed E-state index contributed by atoms with van der Waals surface area (Å²) in [6.45, 7) is 0.332. The molecule has 1 amide bonds. The van der Waals surface area contributed by atoms with Crippen LogP contribution in [0.3, 0.4) is 0 Å². The summed E-state index contributed by atoms with van der Waals surface area (Å²) in [5, 5.41) is 1.09. The fraction of sp³-hybridized carbons (Fsp3) is 0.0833. The zero-order valence-electron chi connectivity index (χ0n) is 16.3. The molecular weight excluding hydrogens is 416 g/mol. The Kier molecular flexibility index (Phi) is 5.84. The van der Waals surface area contributed by atoms with Gasteiger partial charge >= 0.3 is 0 Å². The first-order valence-corrected chi connectivity index (χ1v) is 10.2. The summed E-state index contributed by atoms with van der Waals surface area (Å²) in [7, 11) is 1.79. The van der Waals surface area contributed by atoms with E-state index in [1.165, 1.54) is 4.90 Å². The third-order valence-corrected chi connectivity index (χ3v) is 5.65. The average molecular weight is 435 g/mol. The maximum atomic E-state index is 13.1. The molecule has 1 aliphatic rings. The van der Waals surface area contributed by atoms with Crippen molar-refractivity contribution in [1.82, 2.24) is 4.90 Å². The molecule has 0 atom stereocenters. The van der Waals surface area contributed by atoms with Gasteiger partial charge in [-0.05, 0) is 42.6 Å². The lowest BCUT2D eigenvalue weighted by atomic mass is 10.1. The van der Waals surface area contributed by atoms with Gasteiger partial charge in [0.25, 0.3) is 5.91 Å². The smallest absolute Gasteiger partial charge is 0.281 e. The number of ether oxygens (including phenoxy) is 1. The van der Waals surface area contributed by atoms with Gasteiger partial charge in [-0.15, -0.1) is 0 Å². The number of halogens is 1. The van der Waals surface area contributed by atoms with Gasteiger partial charge in [-0.3, -0.25) is 9.69 Å². The van der Waals surface area contributed by atoms with Crippen molar-refractivity contribution in [2.24, 2.45) is 0 Å². The number of likely N-dealkylation sites (N-methyl/N-ethyl adjacent to an activating group) is 1. The van der Waals surface area contributed by atoms with Crippen LogP contribution < -0.4 is 9.64 Å². The van der Waals surface area contributed by atoms with Crippen molar-refractivity contribution in [3.63, 3.8) is 0 Å². The summed E-state index contributed by atoms with van der Waals surface area (Å²) in [5.41, 5.74) is 2.91. The molecule has 4 nitrogen and oxygen atoms in total. The monoisotopic (exact) mass is 434 g/mol. The lowest BCUT2D eigenvalue weighted by Crippen LogP contribution is -2.30. The van der Waals surface area contributed by atoms with E-state index in [2.05, 4.69) is 0 Å². The zero-order valence-corrected chi connectivity index (χ0v) is 17.9. The normalized spacial score (nSPS) is 15.2. The largest absolute Gasteiger partial charge is 0.488 e. The maximum Gasteiger partial charge on any atom is 0.281 e. The van der Waals surface area contributed by atoms with Crippen LogP contribution >= 0.6 is 23.8 Å². The van der Waals surface area contributed by atoms with Gasteiger partial charge < -0.3 is 9.64 Å². The van der Waals surface area contributed by atoms with Gasteiger partial charge in [0.2, 0.25) is 0 Å². The van der Waals surface area contributed by atoms with Gasteiger partial charge in [-0.25, -0.2) is 0 Å². The number of nitrogens with zero attached hydrogens (tertiary/aromatic N) is 2. The summed E-state index contributed by atoms with van der Waals surface area (Å²) in [6.07, 6.45) is 1.81. The van der Waals surface area contributed by atoms with E-state index in [-0.39, 0.29) is 5.91 Å². The third kappa shape index (κ3) is 3.95. The molecule has 3 aromatic rings. The van der Waals surface area contributed by atoms with Crippen LogP contribution in [-0.4, -0.2) is 23.0 Å². The summed E-state index contributed by atoms with van der Waals surface area (Å²) < 4.78 is 6.02. The first-order chi connectivity index (χ1) is 14.6. The van der Waals surface area contributed by atoms with Crippen LogP contribution in [0.4, 0.5) is 5.69 Å². The van der Waals surface area contributed by atoms with Gasteiger partial charge in [0.15, 0.2) is 5.11 Å². The number of thiocarbonyl (C=S) groups is 1. The number of hydrogen-bond acceptors (Lipinski definition) is 3. The molecule has 0 aromatic heterocycles. The molecule has 0 N–H and O–H groups in total. The van der Waals surface area contributed by atoms with Crippen molar-refractivity contribution < 1.29 is 9.53 Å². The fourth-order valence-electron chi connectivity index (χ4n) is 3.21. The Morgan fingerprint density at radius 3 is 2.40 bits per heavy atom. The van der Waals surface area contributed by atoms with Gasteiger partial charge in [-0.1, -0.05) is 66.2 Å². The van der Waals surface area contributed by atoms with Crippen LogP contribution in [0.15, 0.2) is 84.6 Å². The van der Waals surface area contributed by atoms with E-state index in [0.717, 1.165) is 16.8 Å². The molecule has 1 fully saturated rings. The molecule has 0 unspecified atom stereocenters. The van der Waals surface area contributed by atoms with E-state index in [0.29, 0.717) is 28.2 Å². The zero-order chi connectivity index (χ0) is 21.1. The molecule has 0 spiro atoms. The van der Waals surface area contributed by atoms with Crippen molar-refractivity contribution in [2.45, 2.75) is 6.61 Å². The van der Waals surface area contributed by atoms with Crippen LogP contribution in [0.2, 0.25) is 5.02 Å². The molecule has 6 heteroatoms. The minimum Gasteiger partial charge on any atom is -0.488 e. The molecule has 3 aromatic carbocycles. The average Bonchev–Trinajstić information content (AvgIpc) is 2.98. The molecule has 1 saturated heterocycles. The number of carbonyl (C=O) groups excluding carboxylic acids is 1. The van der Waals surface area contributed by atoms with Gasteiger partial charge in [0, 0.05) is 23.2 Å². The number of rotatable bonds is 5. The van der Waals surface area contributed by atoms with E-state index < -0.39 is 0 Å². The molecule has 0 aliphatic carbocycles. The van der Waals surface area contributed by atoms with E-state index in [4.69, 9.17) is 28.6 Å².